The van der Waals surface area contributed by atoms with E-state index in [0.29, 0.717) is 19.8 Å². The molecule has 0 aromatic heterocycles. The molecule has 0 saturated carbocycles. The SMILES string of the molecule is CC(C)(CNC(=O)C1COCCN1)N1CCOCC1. The van der Waals surface area contributed by atoms with E-state index in [4.69, 9.17) is 9.47 Å². The van der Waals surface area contributed by atoms with Crippen molar-refractivity contribution < 1.29 is 14.3 Å². The Morgan fingerprint density at radius 2 is 2.05 bits per heavy atom. The lowest BCUT2D eigenvalue weighted by atomic mass is 10.0. The minimum absolute atomic E-state index is 0.0287. The number of hydrogen-bond donors (Lipinski definition) is 2. The second-order valence-electron chi connectivity index (χ2n) is 5.71. The lowest BCUT2D eigenvalue weighted by molar-refractivity contribution is -0.126. The van der Waals surface area contributed by atoms with Crippen LogP contribution in [0.5, 0.6) is 0 Å². The molecule has 0 aromatic rings. The van der Waals surface area contributed by atoms with Gasteiger partial charge in [-0.25, -0.2) is 0 Å². The first-order chi connectivity index (χ1) is 9.09. The lowest BCUT2D eigenvalue weighted by Crippen LogP contribution is -2.58. The highest BCUT2D eigenvalue weighted by atomic mass is 16.5. The Bertz CT molecular complexity index is 298. The predicted molar refractivity (Wildman–Crippen MR) is 72.1 cm³/mol. The van der Waals surface area contributed by atoms with Gasteiger partial charge in [0, 0.05) is 31.7 Å². The van der Waals surface area contributed by atoms with E-state index < -0.39 is 0 Å². The van der Waals surface area contributed by atoms with E-state index in [1.165, 1.54) is 0 Å². The van der Waals surface area contributed by atoms with Gasteiger partial charge >= 0.3 is 0 Å². The molecule has 6 heteroatoms. The molecule has 0 aliphatic carbocycles. The minimum Gasteiger partial charge on any atom is -0.379 e. The molecule has 0 bridgehead atoms. The number of amides is 1. The van der Waals surface area contributed by atoms with E-state index in [1.54, 1.807) is 0 Å². The van der Waals surface area contributed by atoms with E-state index in [-0.39, 0.29) is 17.5 Å². The second kappa shape index (κ2) is 6.65. The molecule has 2 fully saturated rings. The van der Waals surface area contributed by atoms with Gasteiger partial charge in [-0.1, -0.05) is 0 Å². The van der Waals surface area contributed by atoms with Gasteiger partial charge in [-0.15, -0.1) is 0 Å². The van der Waals surface area contributed by atoms with E-state index >= 15 is 0 Å². The Morgan fingerprint density at radius 3 is 2.68 bits per heavy atom. The van der Waals surface area contributed by atoms with Crippen molar-refractivity contribution in [3.05, 3.63) is 0 Å². The average Bonchev–Trinajstić information content (AvgIpc) is 2.47. The zero-order valence-corrected chi connectivity index (χ0v) is 11.9. The van der Waals surface area contributed by atoms with Crippen LogP contribution in [-0.2, 0) is 14.3 Å². The summed E-state index contributed by atoms with van der Waals surface area (Å²) in [5.41, 5.74) is -0.0467. The number of hydrogen-bond acceptors (Lipinski definition) is 5. The second-order valence-corrected chi connectivity index (χ2v) is 5.71. The minimum atomic E-state index is -0.214. The highest BCUT2D eigenvalue weighted by Gasteiger charge is 2.30. The van der Waals surface area contributed by atoms with Gasteiger partial charge < -0.3 is 20.1 Å². The topological polar surface area (TPSA) is 62.8 Å². The summed E-state index contributed by atoms with van der Waals surface area (Å²) < 4.78 is 10.7. The van der Waals surface area contributed by atoms with Gasteiger partial charge in [0.2, 0.25) is 5.91 Å². The fourth-order valence-corrected chi connectivity index (χ4v) is 2.44. The summed E-state index contributed by atoms with van der Waals surface area (Å²) >= 11 is 0. The molecule has 0 radical (unpaired) electrons. The maximum absolute atomic E-state index is 12.0. The van der Waals surface area contributed by atoms with Crippen LogP contribution in [0.1, 0.15) is 13.8 Å². The smallest absolute Gasteiger partial charge is 0.239 e. The molecule has 1 unspecified atom stereocenters. The van der Waals surface area contributed by atoms with Crippen LogP contribution in [0.25, 0.3) is 0 Å². The van der Waals surface area contributed by atoms with Gasteiger partial charge in [0.05, 0.1) is 26.4 Å². The van der Waals surface area contributed by atoms with Gasteiger partial charge in [-0.05, 0) is 13.8 Å². The summed E-state index contributed by atoms with van der Waals surface area (Å²) in [5.74, 6) is 0.0287. The van der Waals surface area contributed by atoms with Crippen LogP contribution in [0.3, 0.4) is 0 Å². The van der Waals surface area contributed by atoms with E-state index in [2.05, 4.69) is 29.4 Å². The van der Waals surface area contributed by atoms with Crippen molar-refractivity contribution in [2.45, 2.75) is 25.4 Å². The van der Waals surface area contributed by atoms with E-state index in [0.717, 1.165) is 32.8 Å². The van der Waals surface area contributed by atoms with Crippen LogP contribution < -0.4 is 10.6 Å². The molecule has 19 heavy (non-hydrogen) atoms. The first-order valence-electron chi connectivity index (χ1n) is 7.01. The molecule has 0 aromatic carbocycles. The van der Waals surface area contributed by atoms with Crippen molar-refractivity contribution in [2.24, 2.45) is 0 Å². The van der Waals surface area contributed by atoms with Gasteiger partial charge in [-0.3, -0.25) is 9.69 Å². The molecule has 6 nitrogen and oxygen atoms in total. The third-order valence-corrected chi connectivity index (χ3v) is 3.80. The summed E-state index contributed by atoms with van der Waals surface area (Å²) in [4.78, 5) is 14.4. The summed E-state index contributed by atoms with van der Waals surface area (Å²) in [6, 6.07) is -0.214. The Morgan fingerprint density at radius 1 is 1.32 bits per heavy atom. The summed E-state index contributed by atoms with van der Waals surface area (Å²) in [5, 5.41) is 6.19. The van der Waals surface area contributed by atoms with Crippen molar-refractivity contribution in [3.8, 4) is 0 Å². The van der Waals surface area contributed by atoms with Crippen LogP contribution in [-0.4, -0.2) is 75.0 Å². The molecular formula is C13H25N3O3. The third kappa shape index (κ3) is 4.14. The number of carbonyl (C=O) groups is 1. The molecule has 2 saturated heterocycles. The van der Waals surface area contributed by atoms with Gasteiger partial charge in [-0.2, -0.15) is 0 Å². The van der Waals surface area contributed by atoms with Crippen molar-refractivity contribution in [1.29, 1.82) is 0 Å². The summed E-state index contributed by atoms with van der Waals surface area (Å²) in [7, 11) is 0. The average molecular weight is 271 g/mol. The summed E-state index contributed by atoms with van der Waals surface area (Å²) in [6.45, 7) is 10.2. The molecule has 1 amide bonds. The molecule has 2 aliphatic heterocycles. The Kier molecular flexibility index (Phi) is 5.15. The normalized spacial score (nSPS) is 26.1. The number of ether oxygens (including phenoxy) is 2. The third-order valence-electron chi connectivity index (χ3n) is 3.80. The standard InChI is InChI=1S/C13H25N3O3/c1-13(2,16-4-7-18-8-5-16)10-15-12(17)11-9-19-6-3-14-11/h11,14H,3-10H2,1-2H3,(H,15,17). The molecule has 1 atom stereocenters. The highest BCUT2D eigenvalue weighted by molar-refractivity contribution is 5.82. The maximum Gasteiger partial charge on any atom is 0.239 e. The van der Waals surface area contributed by atoms with Gasteiger partial charge in [0.25, 0.3) is 0 Å². The predicted octanol–water partition coefficient (Wildman–Crippen LogP) is -0.798. The van der Waals surface area contributed by atoms with Crippen molar-refractivity contribution in [1.82, 2.24) is 15.5 Å². The lowest BCUT2D eigenvalue weighted by Gasteiger charge is -2.41. The molecule has 2 rings (SSSR count). The number of morpholine rings is 2. The number of nitrogens with one attached hydrogen (secondary N) is 2. The largest absolute Gasteiger partial charge is 0.379 e. The zero-order chi connectivity index (χ0) is 13.7. The number of nitrogens with zero attached hydrogens (tertiary/aromatic N) is 1. The van der Waals surface area contributed by atoms with Crippen LogP contribution in [0.15, 0.2) is 0 Å². The molecule has 0 spiro atoms. The Hall–Kier alpha value is -0.690. The fourth-order valence-electron chi connectivity index (χ4n) is 2.44. The van der Waals surface area contributed by atoms with Crippen LogP contribution >= 0.6 is 0 Å². The van der Waals surface area contributed by atoms with Crippen LogP contribution in [0, 0.1) is 0 Å². The van der Waals surface area contributed by atoms with Crippen molar-refractivity contribution in [2.75, 3.05) is 52.6 Å². The Balaban J connectivity index is 1.77. The molecular weight excluding hydrogens is 246 g/mol. The van der Waals surface area contributed by atoms with Crippen molar-refractivity contribution in [3.63, 3.8) is 0 Å². The quantitative estimate of drug-likeness (QED) is 0.701. The van der Waals surface area contributed by atoms with E-state index in [9.17, 15) is 4.79 Å². The van der Waals surface area contributed by atoms with Crippen LogP contribution in [0.2, 0.25) is 0 Å². The molecule has 110 valence electrons. The first-order valence-corrected chi connectivity index (χ1v) is 7.01. The maximum atomic E-state index is 12.0. The zero-order valence-electron chi connectivity index (χ0n) is 11.9. The van der Waals surface area contributed by atoms with Gasteiger partial charge in [0.15, 0.2) is 0 Å². The van der Waals surface area contributed by atoms with Crippen molar-refractivity contribution >= 4 is 5.91 Å². The highest BCUT2D eigenvalue weighted by Crippen LogP contribution is 2.15. The Labute approximate surface area is 114 Å². The number of carbonyl (C=O) groups excluding carboxylic acids is 1. The fraction of sp³-hybridized carbons (Fsp3) is 0.923. The number of rotatable bonds is 4. The van der Waals surface area contributed by atoms with E-state index in [1.807, 2.05) is 0 Å². The molecule has 2 N–H and O–H groups in total. The molecule has 2 aliphatic rings. The van der Waals surface area contributed by atoms with Gasteiger partial charge in [0.1, 0.15) is 6.04 Å². The summed E-state index contributed by atoms with van der Waals surface area (Å²) in [6.07, 6.45) is 0. The monoisotopic (exact) mass is 271 g/mol. The molecule has 2 heterocycles. The first kappa shape index (κ1) is 14.7. The van der Waals surface area contributed by atoms with Crippen LogP contribution in [0.4, 0.5) is 0 Å².